The van der Waals surface area contributed by atoms with Crippen molar-refractivity contribution < 1.29 is 14.3 Å². The molecule has 2 N–H and O–H groups in total. The van der Waals surface area contributed by atoms with Gasteiger partial charge < -0.3 is 15.4 Å². The monoisotopic (exact) mass is 276 g/mol. The van der Waals surface area contributed by atoms with E-state index in [9.17, 15) is 9.59 Å². The molecule has 1 fully saturated rings. The van der Waals surface area contributed by atoms with E-state index in [-0.39, 0.29) is 17.8 Å². The summed E-state index contributed by atoms with van der Waals surface area (Å²) in [5, 5.41) is 6.19. The van der Waals surface area contributed by atoms with Crippen LogP contribution in [0.4, 0.5) is 5.69 Å². The Kier molecular flexibility index (Phi) is 4.74. The molecule has 0 atom stereocenters. The van der Waals surface area contributed by atoms with E-state index in [2.05, 4.69) is 15.4 Å². The molecule has 1 aliphatic heterocycles. The first-order valence-electron chi connectivity index (χ1n) is 6.82. The SMILES string of the molecule is COC(=O)c1ccc(NC(=O)C2CCNCC2)c(C)c1. The van der Waals surface area contributed by atoms with Crippen molar-refractivity contribution in [3.8, 4) is 0 Å². The molecule has 0 unspecified atom stereocenters. The number of nitrogens with one attached hydrogen (secondary N) is 2. The molecule has 0 saturated carbocycles. The van der Waals surface area contributed by atoms with Crippen molar-refractivity contribution in [2.24, 2.45) is 5.92 Å². The minimum Gasteiger partial charge on any atom is -0.465 e. The van der Waals surface area contributed by atoms with Crippen molar-refractivity contribution in [1.82, 2.24) is 5.32 Å². The molecule has 0 spiro atoms. The first-order chi connectivity index (χ1) is 9.61. The van der Waals surface area contributed by atoms with E-state index >= 15 is 0 Å². The summed E-state index contributed by atoms with van der Waals surface area (Å²) < 4.78 is 4.67. The van der Waals surface area contributed by atoms with Gasteiger partial charge in [0.1, 0.15) is 0 Å². The molecule has 1 aromatic rings. The van der Waals surface area contributed by atoms with E-state index in [1.807, 2.05) is 6.92 Å². The number of carbonyl (C=O) groups is 2. The second-order valence-electron chi connectivity index (χ2n) is 5.03. The number of hydrogen-bond donors (Lipinski definition) is 2. The Morgan fingerprint density at radius 2 is 2.00 bits per heavy atom. The van der Waals surface area contributed by atoms with Gasteiger partial charge in [-0.25, -0.2) is 4.79 Å². The molecule has 1 aromatic carbocycles. The fourth-order valence-electron chi connectivity index (χ4n) is 2.37. The topological polar surface area (TPSA) is 67.4 Å². The van der Waals surface area contributed by atoms with E-state index in [1.54, 1.807) is 18.2 Å². The average Bonchev–Trinajstić information content (AvgIpc) is 2.49. The zero-order chi connectivity index (χ0) is 14.5. The fourth-order valence-corrected chi connectivity index (χ4v) is 2.37. The molecular weight excluding hydrogens is 256 g/mol. The number of benzene rings is 1. The number of aryl methyl sites for hydroxylation is 1. The highest BCUT2D eigenvalue weighted by Gasteiger charge is 2.21. The average molecular weight is 276 g/mol. The summed E-state index contributed by atoms with van der Waals surface area (Å²) in [5.74, 6) is -0.249. The van der Waals surface area contributed by atoms with Crippen LogP contribution >= 0.6 is 0 Å². The Morgan fingerprint density at radius 1 is 1.30 bits per heavy atom. The summed E-state index contributed by atoms with van der Waals surface area (Å²) in [4.78, 5) is 23.6. The van der Waals surface area contributed by atoms with Crippen LogP contribution < -0.4 is 10.6 Å². The van der Waals surface area contributed by atoms with Gasteiger partial charge in [-0.1, -0.05) is 0 Å². The third-order valence-electron chi connectivity index (χ3n) is 3.62. The normalized spacial score (nSPS) is 15.7. The van der Waals surface area contributed by atoms with Crippen LogP contribution in [0.15, 0.2) is 18.2 Å². The molecule has 1 amide bonds. The lowest BCUT2D eigenvalue weighted by molar-refractivity contribution is -0.120. The van der Waals surface area contributed by atoms with Crippen LogP contribution in [0.2, 0.25) is 0 Å². The first-order valence-corrected chi connectivity index (χ1v) is 6.82. The number of methoxy groups -OCH3 is 1. The van der Waals surface area contributed by atoms with E-state index < -0.39 is 0 Å². The van der Waals surface area contributed by atoms with Gasteiger partial charge in [-0.05, 0) is 56.6 Å². The molecule has 1 saturated heterocycles. The van der Waals surface area contributed by atoms with Gasteiger partial charge in [0.15, 0.2) is 0 Å². The second kappa shape index (κ2) is 6.52. The maximum atomic E-state index is 12.2. The minimum atomic E-state index is -0.371. The Bertz CT molecular complexity index is 508. The minimum absolute atomic E-state index is 0.0559. The molecule has 0 aliphatic carbocycles. The standard InChI is InChI=1S/C15H20N2O3/c1-10-9-12(15(19)20-2)3-4-13(10)17-14(18)11-5-7-16-8-6-11/h3-4,9,11,16H,5-8H2,1-2H3,(H,17,18). The third-order valence-corrected chi connectivity index (χ3v) is 3.62. The quantitative estimate of drug-likeness (QED) is 0.825. The molecule has 0 bridgehead atoms. The van der Waals surface area contributed by atoms with Gasteiger partial charge in [0.05, 0.1) is 12.7 Å². The molecule has 0 radical (unpaired) electrons. The van der Waals surface area contributed by atoms with Gasteiger partial charge in [-0.2, -0.15) is 0 Å². The number of hydrogen-bond acceptors (Lipinski definition) is 4. The summed E-state index contributed by atoms with van der Waals surface area (Å²) >= 11 is 0. The Balaban J connectivity index is 2.05. The highest BCUT2D eigenvalue weighted by molar-refractivity contribution is 5.95. The maximum Gasteiger partial charge on any atom is 0.337 e. The van der Waals surface area contributed by atoms with Crippen LogP contribution in [-0.2, 0) is 9.53 Å². The van der Waals surface area contributed by atoms with Gasteiger partial charge in [0.25, 0.3) is 0 Å². The van der Waals surface area contributed by atoms with Crippen molar-refractivity contribution in [2.75, 3.05) is 25.5 Å². The van der Waals surface area contributed by atoms with E-state index in [1.165, 1.54) is 7.11 Å². The Labute approximate surface area is 118 Å². The van der Waals surface area contributed by atoms with Crippen molar-refractivity contribution >= 4 is 17.6 Å². The number of anilines is 1. The fraction of sp³-hybridized carbons (Fsp3) is 0.467. The van der Waals surface area contributed by atoms with Crippen LogP contribution in [0.5, 0.6) is 0 Å². The zero-order valence-electron chi connectivity index (χ0n) is 11.9. The summed E-state index contributed by atoms with van der Waals surface area (Å²) in [6, 6.07) is 5.14. The number of carbonyl (C=O) groups excluding carboxylic acids is 2. The van der Waals surface area contributed by atoms with Gasteiger partial charge in [0, 0.05) is 11.6 Å². The number of piperidine rings is 1. The predicted octanol–water partition coefficient (Wildman–Crippen LogP) is 1.72. The molecule has 5 heteroatoms. The molecule has 5 nitrogen and oxygen atoms in total. The summed E-state index contributed by atoms with van der Waals surface area (Å²) in [6.07, 6.45) is 1.73. The smallest absolute Gasteiger partial charge is 0.337 e. The van der Waals surface area contributed by atoms with Crippen molar-refractivity contribution in [3.05, 3.63) is 29.3 Å². The van der Waals surface area contributed by atoms with Gasteiger partial charge in [-0.15, -0.1) is 0 Å². The van der Waals surface area contributed by atoms with E-state index in [0.717, 1.165) is 37.2 Å². The van der Waals surface area contributed by atoms with E-state index in [4.69, 9.17) is 0 Å². The Hall–Kier alpha value is -1.88. The Morgan fingerprint density at radius 3 is 2.60 bits per heavy atom. The predicted molar refractivity (Wildman–Crippen MR) is 76.7 cm³/mol. The molecule has 2 rings (SSSR count). The highest BCUT2D eigenvalue weighted by atomic mass is 16.5. The van der Waals surface area contributed by atoms with Crippen LogP contribution in [0.25, 0.3) is 0 Å². The molecule has 20 heavy (non-hydrogen) atoms. The number of rotatable bonds is 3. The molecule has 0 aromatic heterocycles. The molecule has 108 valence electrons. The van der Waals surface area contributed by atoms with Gasteiger partial charge >= 0.3 is 5.97 Å². The zero-order valence-corrected chi connectivity index (χ0v) is 11.9. The van der Waals surface area contributed by atoms with Crippen molar-refractivity contribution in [2.45, 2.75) is 19.8 Å². The largest absolute Gasteiger partial charge is 0.465 e. The molecule has 1 heterocycles. The molecular formula is C15H20N2O3. The lowest BCUT2D eigenvalue weighted by Gasteiger charge is -2.22. The van der Waals surface area contributed by atoms with Crippen molar-refractivity contribution in [1.29, 1.82) is 0 Å². The molecule has 1 aliphatic rings. The summed E-state index contributed by atoms with van der Waals surface area (Å²) in [5.41, 5.74) is 2.10. The van der Waals surface area contributed by atoms with Gasteiger partial charge in [0.2, 0.25) is 5.91 Å². The second-order valence-corrected chi connectivity index (χ2v) is 5.03. The van der Waals surface area contributed by atoms with Crippen molar-refractivity contribution in [3.63, 3.8) is 0 Å². The van der Waals surface area contributed by atoms with Crippen LogP contribution in [0.1, 0.15) is 28.8 Å². The maximum absolute atomic E-state index is 12.2. The highest BCUT2D eigenvalue weighted by Crippen LogP contribution is 2.20. The first kappa shape index (κ1) is 14.5. The van der Waals surface area contributed by atoms with Crippen LogP contribution in [-0.4, -0.2) is 32.1 Å². The van der Waals surface area contributed by atoms with E-state index in [0.29, 0.717) is 5.56 Å². The lowest BCUT2D eigenvalue weighted by atomic mass is 9.97. The number of ether oxygens (including phenoxy) is 1. The third kappa shape index (κ3) is 3.36. The van der Waals surface area contributed by atoms with Crippen LogP contribution in [0.3, 0.4) is 0 Å². The number of amides is 1. The summed E-state index contributed by atoms with van der Waals surface area (Å²) in [7, 11) is 1.35. The lowest BCUT2D eigenvalue weighted by Crippen LogP contribution is -2.34. The van der Waals surface area contributed by atoms with Gasteiger partial charge in [-0.3, -0.25) is 4.79 Å². The summed E-state index contributed by atoms with van der Waals surface area (Å²) in [6.45, 7) is 3.64. The van der Waals surface area contributed by atoms with Crippen LogP contribution in [0, 0.1) is 12.8 Å². The number of esters is 1.